The fraction of sp³-hybridized carbons (Fsp3) is 0.340. The van der Waals surface area contributed by atoms with Crippen LogP contribution in [0.1, 0.15) is 125 Å². The average molecular weight is 793 g/mol. The van der Waals surface area contributed by atoms with E-state index in [0.717, 1.165) is 41.5 Å². The number of benzene rings is 5. The fourth-order valence-electron chi connectivity index (χ4n) is 6.91. The Kier molecular flexibility index (Phi) is 15.6. The number of rotatable bonds is 17. The van der Waals surface area contributed by atoms with Gasteiger partial charge in [0.15, 0.2) is 0 Å². The first kappa shape index (κ1) is 44.4. The van der Waals surface area contributed by atoms with Crippen molar-refractivity contribution in [3.05, 3.63) is 160 Å². The zero-order valence-electron chi connectivity index (χ0n) is 36.2. The molecule has 5 rings (SSSR count). The van der Waals surface area contributed by atoms with Gasteiger partial charge in [0.1, 0.15) is 17.2 Å². The van der Waals surface area contributed by atoms with Crippen molar-refractivity contribution < 1.29 is 28.6 Å². The lowest BCUT2D eigenvalue weighted by molar-refractivity contribution is -0.136. The molecule has 0 fully saturated rings. The van der Waals surface area contributed by atoms with Crippen LogP contribution in [0.4, 0.5) is 0 Å². The smallest absolute Gasteiger partial charge is 0.318 e. The summed E-state index contributed by atoms with van der Waals surface area (Å²) in [4.78, 5) is 40.0. The van der Waals surface area contributed by atoms with Crippen LogP contribution >= 0.6 is 0 Å². The van der Waals surface area contributed by atoms with Gasteiger partial charge in [-0.1, -0.05) is 139 Å². The average Bonchev–Trinajstić information content (AvgIpc) is 3.20. The lowest BCUT2D eigenvalue weighted by Gasteiger charge is -2.15. The normalized spacial score (nSPS) is 13.1. The third kappa shape index (κ3) is 13.4. The van der Waals surface area contributed by atoms with Crippen molar-refractivity contribution in [3.63, 3.8) is 0 Å². The van der Waals surface area contributed by atoms with Crippen molar-refractivity contribution in [1.82, 2.24) is 0 Å². The summed E-state index contributed by atoms with van der Waals surface area (Å²) >= 11 is 0. The zero-order valence-corrected chi connectivity index (χ0v) is 36.2. The second-order valence-electron chi connectivity index (χ2n) is 17.1. The number of carbonyl (C=O) groups excluding carboxylic acids is 3. The molecule has 6 nitrogen and oxygen atoms in total. The highest BCUT2D eigenvalue weighted by Gasteiger charge is 2.22. The predicted molar refractivity (Wildman–Crippen MR) is 239 cm³/mol. The van der Waals surface area contributed by atoms with Gasteiger partial charge in [0.2, 0.25) is 0 Å². The molecule has 0 bridgehead atoms. The van der Waals surface area contributed by atoms with Gasteiger partial charge in [0.05, 0.1) is 17.8 Å². The molecule has 0 aliphatic heterocycles. The molecular formula is C53H60O6. The predicted octanol–water partition coefficient (Wildman–Crippen LogP) is 12.6. The minimum absolute atomic E-state index is 0.264. The lowest BCUT2D eigenvalue weighted by Crippen LogP contribution is -2.18. The molecule has 308 valence electrons. The molecule has 0 aliphatic rings. The second-order valence-corrected chi connectivity index (χ2v) is 17.1. The van der Waals surface area contributed by atoms with Gasteiger partial charge in [-0.05, 0) is 127 Å². The van der Waals surface area contributed by atoms with Gasteiger partial charge >= 0.3 is 17.9 Å². The number of ether oxygens (including phenoxy) is 3. The van der Waals surface area contributed by atoms with Crippen molar-refractivity contribution in [2.24, 2.45) is 17.8 Å². The summed E-state index contributed by atoms with van der Waals surface area (Å²) in [7, 11) is 0. The number of carbonyl (C=O) groups is 3. The molecule has 5 aromatic rings. The summed E-state index contributed by atoms with van der Waals surface area (Å²) in [6.07, 6.45) is 6.67. The molecule has 0 amide bonds. The van der Waals surface area contributed by atoms with Crippen LogP contribution in [0, 0.1) is 17.8 Å². The highest BCUT2D eigenvalue weighted by atomic mass is 16.5. The van der Waals surface area contributed by atoms with Gasteiger partial charge in [-0.2, -0.15) is 0 Å². The van der Waals surface area contributed by atoms with Crippen LogP contribution in [0.2, 0.25) is 0 Å². The topological polar surface area (TPSA) is 78.9 Å². The molecule has 3 unspecified atom stereocenters. The molecule has 5 aromatic carbocycles. The third-order valence-electron chi connectivity index (χ3n) is 10.3. The lowest BCUT2D eigenvalue weighted by atomic mass is 9.97. The Balaban J connectivity index is 1.31. The largest absolute Gasteiger partial charge is 0.426 e. The zero-order chi connectivity index (χ0) is 42.6. The minimum Gasteiger partial charge on any atom is -0.426 e. The maximum absolute atomic E-state index is 13.5. The highest BCUT2D eigenvalue weighted by Crippen LogP contribution is 2.30. The molecule has 0 N–H and O–H groups in total. The van der Waals surface area contributed by atoms with Gasteiger partial charge in [-0.25, -0.2) is 0 Å². The summed E-state index contributed by atoms with van der Waals surface area (Å²) < 4.78 is 17.6. The van der Waals surface area contributed by atoms with Crippen molar-refractivity contribution in [1.29, 1.82) is 0 Å². The summed E-state index contributed by atoms with van der Waals surface area (Å²) in [5.41, 5.74) is 7.84. The SMILES string of the molecule is CC(C)Cc1ccc(C(C)C(=O)Oc2ccc(C=Cc3cc(OC(=O)C(C)c4ccc(CC(C)C)cc4)cc(OC(=O)C(C)c4ccc(CC(C)C)cc4)c3)cc2)cc1. The van der Waals surface area contributed by atoms with E-state index in [1.807, 2.05) is 81.5 Å². The van der Waals surface area contributed by atoms with E-state index in [-0.39, 0.29) is 17.5 Å². The summed E-state index contributed by atoms with van der Waals surface area (Å²) in [5, 5.41) is 0. The van der Waals surface area contributed by atoms with E-state index in [9.17, 15) is 14.4 Å². The maximum atomic E-state index is 13.5. The van der Waals surface area contributed by atoms with Crippen LogP contribution in [0.5, 0.6) is 17.2 Å². The summed E-state index contributed by atoms with van der Waals surface area (Å²) in [6.45, 7) is 18.6. The van der Waals surface area contributed by atoms with Crippen molar-refractivity contribution in [2.75, 3.05) is 0 Å². The van der Waals surface area contributed by atoms with Crippen LogP contribution in [-0.2, 0) is 33.6 Å². The standard InChI is InChI=1S/C53H60O6/c1-34(2)28-41-12-20-45(21-13-41)37(7)51(54)57-48-26-18-40(19-27-48)10-11-44-31-49(58-52(55)38(8)46-22-14-42(15-23-46)29-35(3)4)33-50(32-44)59-53(56)39(9)47-24-16-43(17-25-47)30-36(5)6/h10-27,31-39H,28-30H2,1-9H3. The first-order valence-corrected chi connectivity index (χ1v) is 21.0. The Labute approximate surface area is 351 Å². The Bertz CT molecular complexity index is 2080. The van der Waals surface area contributed by atoms with Crippen molar-refractivity contribution in [3.8, 4) is 17.2 Å². The Morgan fingerprint density at radius 1 is 0.390 bits per heavy atom. The summed E-state index contributed by atoms with van der Waals surface area (Å²) in [5.74, 6) is 0.00186. The molecule has 0 aliphatic carbocycles. The molecule has 0 saturated carbocycles. The molecule has 0 aromatic heterocycles. The number of esters is 3. The van der Waals surface area contributed by atoms with Gasteiger partial charge in [0, 0.05) is 6.07 Å². The molecule has 0 spiro atoms. The Morgan fingerprint density at radius 3 is 1.02 bits per heavy atom. The molecule has 0 heterocycles. The maximum Gasteiger partial charge on any atom is 0.318 e. The van der Waals surface area contributed by atoms with Crippen LogP contribution in [0.3, 0.4) is 0 Å². The first-order valence-electron chi connectivity index (χ1n) is 21.0. The van der Waals surface area contributed by atoms with E-state index in [4.69, 9.17) is 14.2 Å². The third-order valence-corrected chi connectivity index (χ3v) is 10.3. The Hall–Kier alpha value is -5.75. The summed E-state index contributed by atoms with van der Waals surface area (Å²) in [6, 6.07) is 36.6. The first-order chi connectivity index (χ1) is 28.1. The van der Waals surface area contributed by atoms with E-state index in [1.165, 1.54) is 16.7 Å². The van der Waals surface area contributed by atoms with Crippen LogP contribution in [0.15, 0.2) is 115 Å². The molecular weight excluding hydrogens is 733 g/mol. The molecule has 59 heavy (non-hydrogen) atoms. The van der Waals surface area contributed by atoms with E-state index in [2.05, 4.69) is 77.9 Å². The van der Waals surface area contributed by atoms with Gasteiger partial charge < -0.3 is 14.2 Å². The monoisotopic (exact) mass is 792 g/mol. The molecule has 6 heteroatoms. The van der Waals surface area contributed by atoms with E-state index in [0.29, 0.717) is 29.1 Å². The fourth-order valence-corrected chi connectivity index (χ4v) is 6.91. The second kappa shape index (κ2) is 20.8. The van der Waals surface area contributed by atoms with E-state index >= 15 is 0 Å². The molecule has 0 radical (unpaired) electrons. The van der Waals surface area contributed by atoms with Crippen molar-refractivity contribution >= 4 is 30.1 Å². The number of hydrogen-bond acceptors (Lipinski definition) is 6. The molecule has 0 saturated heterocycles. The van der Waals surface area contributed by atoms with Gasteiger partial charge in [0.25, 0.3) is 0 Å². The highest BCUT2D eigenvalue weighted by molar-refractivity contribution is 5.83. The minimum atomic E-state index is -0.516. The Morgan fingerprint density at radius 2 is 0.695 bits per heavy atom. The van der Waals surface area contributed by atoms with Gasteiger partial charge in [-0.3, -0.25) is 14.4 Å². The van der Waals surface area contributed by atoms with Crippen LogP contribution < -0.4 is 14.2 Å². The van der Waals surface area contributed by atoms with E-state index in [1.54, 1.807) is 30.3 Å². The van der Waals surface area contributed by atoms with Crippen molar-refractivity contribution in [2.45, 2.75) is 99.3 Å². The number of hydrogen-bond donors (Lipinski definition) is 0. The van der Waals surface area contributed by atoms with E-state index < -0.39 is 29.7 Å². The quantitative estimate of drug-likeness (QED) is 0.0530. The van der Waals surface area contributed by atoms with Crippen LogP contribution in [-0.4, -0.2) is 17.9 Å². The van der Waals surface area contributed by atoms with Crippen LogP contribution in [0.25, 0.3) is 12.2 Å². The van der Waals surface area contributed by atoms with Gasteiger partial charge in [-0.15, -0.1) is 0 Å². The molecule has 3 atom stereocenters.